The Labute approximate surface area is 89.9 Å². The van der Waals surface area contributed by atoms with Crippen LogP contribution in [0.25, 0.3) is 0 Å². The van der Waals surface area contributed by atoms with Gasteiger partial charge in [0.1, 0.15) is 0 Å². The second-order valence-electron chi connectivity index (χ2n) is 3.66. The van der Waals surface area contributed by atoms with Crippen molar-refractivity contribution >= 4 is 5.91 Å². The fourth-order valence-corrected chi connectivity index (χ4v) is 1.57. The maximum atomic E-state index is 11.3. The van der Waals surface area contributed by atoms with Gasteiger partial charge in [-0.3, -0.25) is 9.48 Å². The summed E-state index contributed by atoms with van der Waals surface area (Å²) in [5.41, 5.74) is 2.01. The first-order valence-electron chi connectivity index (χ1n) is 4.98. The molecule has 1 atom stereocenters. The van der Waals surface area contributed by atoms with Gasteiger partial charge in [0.15, 0.2) is 0 Å². The van der Waals surface area contributed by atoms with Crippen molar-refractivity contribution in [3.63, 3.8) is 0 Å². The van der Waals surface area contributed by atoms with Gasteiger partial charge in [0, 0.05) is 18.8 Å². The molecule has 0 radical (unpaired) electrons. The van der Waals surface area contributed by atoms with Gasteiger partial charge in [-0.25, -0.2) is 0 Å². The normalized spacial score (nSPS) is 12.5. The monoisotopic (exact) mass is 210 g/mol. The molecule has 15 heavy (non-hydrogen) atoms. The highest BCUT2D eigenvalue weighted by atomic mass is 16.1. The Morgan fingerprint density at radius 2 is 2.33 bits per heavy atom. The van der Waals surface area contributed by atoms with Crippen LogP contribution in [0.2, 0.25) is 0 Å². The second kappa shape index (κ2) is 4.93. The van der Waals surface area contributed by atoms with Crippen LogP contribution < -0.4 is 10.6 Å². The van der Waals surface area contributed by atoms with Crippen molar-refractivity contribution in [1.29, 1.82) is 0 Å². The van der Waals surface area contributed by atoms with E-state index in [9.17, 15) is 4.79 Å². The molecule has 0 aliphatic heterocycles. The Hall–Kier alpha value is -1.36. The number of aromatic nitrogens is 2. The highest BCUT2D eigenvalue weighted by molar-refractivity contribution is 5.78. The van der Waals surface area contributed by atoms with E-state index in [2.05, 4.69) is 15.7 Å². The zero-order chi connectivity index (χ0) is 11.4. The zero-order valence-corrected chi connectivity index (χ0v) is 9.66. The van der Waals surface area contributed by atoms with Crippen LogP contribution in [0.3, 0.4) is 0 Å². The van der Waals surface area contributed by atoms with Gasteiger partial charge in [0.05, 0.1) is 18.3 Å². The number of hydrogen-bond donors (Lipinski definition) is 2. The summed E-state index contributed by atoms with van der Waals surface area (Å²) in [6.45, 7) is 4.23. The Morgan fingerprint density at radius 1 is 1.67 bits per heavy atom. The van der Waals surface area contributed by atoms with Crippen molar-refractivity contribution in [2.75, 3.05) is 13.6 Å². The minimum Gasteiger partial charge on any atom is -0.348 e. The molecular weight excluding hydrogens is 192 g/mol. The first kappa shape index (κ1) is 11.7. The Kier molecular flexibility index (Phi) is 3.85. The largest absolute Gasteiger partial charge is 0.348 e. The van der Waals surface area contributed by atoms with E-state index in [1.807, 2.05) is 27.1 Å². The molecule has 1 aromatic rings. The number of aryl methyl sites for hydroxylation is 2. The number of nitrogens with zero attached hydrogens (tertiary/aromatic N) is 2. The van der Waals surface area contributed by atoms with Gasteiger partial charge in [-0.2, -0.15) is 5.10 Å². The molecule has 1 amide bonds. The Morgan fingerprint density at radius 3 is 2.80 bits per heavy atom. The van der Waals surface area contributed by atoms with Crippen LogP contribution in [0.1, 0.15) is 24.2 Å². The van der Waals surface area contributed by atoms with Crippen LogP contribution in [0.4, 0.5) is 0 Å². The number of carbonyl (C=O) groups excluding carboxylic acids is 1. The summed E-state index contributed by atoms with van der Waals surface area (Å²) in [5, 5.41) is 9.94. The smallest absolute Gasteiger partial charge is 0.234 e. The maximum absolute atomic E-state index is 11.3. The lowest BCUT2D eigenvalue weighted by Crippen LogP contribution is -2.34. The van der Waals surface area contributed by atoms with Crippen LogP contribution in [0.15, 0.2) is 6.20 Å². The molecule has 0 fully saturated rings. The number of nitrogens with one attached hydrogen (secondary N) is 2. The van der Waals surface area contributed by atoms with E-state index in [1.54, 1.807) is 11.7 Å². The average Bonchev–Trinajstić information content (AvgIpc) is 2.45. The van der Waals surface area contributed by atoms with Gasteiger partial charge in [-0.15, -0.1) is 0 Å². The summed E-state index contributed by atoms with van der Waals surface area (Å²) in [6.07, 6.45) is 1.93. The number of carbonyl (C=O) groups is 1. The first-order valence-corrected chi connectivity index (χ1v) is 4.98. The van der Waals surface area contributed by atoms with E-state index in [4.69, 9.17) is 0 Å². The van der Waals surface area contributed by atoms with Crippen molar-refractivity contribution in [3.8, 4) is 0 Å². The van der Waals surface area contributed by atoms with Crippen LogP contribution >= 0.6 is 0 Å². The molecule has 5 heteroatoms. The molecule has 0 saturated carbocycles. The summed E-state index contributed by atoms with van der Waals surface area (Å²) in [5.74, 6) is -0.00625. The summed E-state index contributed by atoms with van der Waals surface area (Å²) in [6, 6.07) is -0.000417. The third kappa shape index (κ3) is 3.06. The van der Waals surface area contributed by atoms with E-state index in [1.165, 1.54) is 0 Å². The van der Waals surface area contributed by atoms with Crippen molar-refractivity contribution in [2.24, 2.45) is 7.05 Å². The fraction of sp³-hybridized carbons (Fsp3) is 0.600. The van der Waals surface area contributed by atoms with Crippen LogP contribution in [0, 0.1) is 6.92 Å². The molecule has 5 nitrogen and oxygen atoms in total. The molecule has 0 saturated heterocycles. The molecule has 1 unspecified atom stereocenters. The van der Waals surface area contributed by atoms with Gasteiger partial charge in [0.2, 0.25) is 5.91 Å². The van der Waals surface area contributed by atoms with Gasteiger partial charge in [-0.1, -0.05) is 0 Å². The predicted octanol–water partition coefficient (Wildman–Crippen LogP) is 0.125. The van der Waals surface area contributed by atoms with Crippen LogP contribution in [-0.4, -0.2) is 29.3 Å². The summed E-state index contributed by atoms with van der Waals surface area (Å²) < 4.78 is 1.76. The fourth-order valence-electron chi connectivity index (χ4n) is 1.57. The maximum Gasteiger partial charge on any atom is 0.234 e. The number of amides is 1. The highest BCUT2D eigenvalue weighted by Crippen LogP contribution is 2.14. The standard InChI is InChI=1S/C10H18N4O/c1-7(12-10(15)5-11-3)9-6-14(4)13-8(9)2/h6-7,11H,5H2,1-4H3,(H,12,15). The van der Waals surface area contributed by atoms with E-state index in [0.29, 0.717) is 6.54 Å². The highest BCUT2D eigenvalue weighted by Gasteiger charge is 2.13. The zero-order valence-electron chi connectivity index (χ0n) is 9.66. The second-order valence-corrected chi connectivity index (χ2v) is 3.66. The van der Waals surface area contributed by atoms with E-state index >= 15 is 0 Å². The minimum atomic E-state index is -0.00625. The van der Waals surface area contributed by atoms with Gasteiger partial charge < -0.3 is 10.6 Å². The average molecular weight is 210 g/mol. The van der Waals surface area contributed by atoms with Crippen molar-refractivity contribution < 1.29 is 4.79 Å². The predicted molar refractivity (Wildman–Crippen MR) is 58.4 cm³/mol. The Balaban J connectivity index is 2.64. The molecule has 0 aliphatic rings. The van der Waals surface area contributed by atoms with E-state index in [0.717, 1.165) is 11.3 Å². The number of rotatable bonds is 4. The van der Waals surface area contributed by atoms with E-state index in [-0.39, 0.29) is 11.9 Å². The molecular formula is C10H18N4O. The van der Waals surface area contributed by atoms with E-state index < -0.39 is 0 Å². The molecule has 0 spiro atoms. The van der Waals surface area contributed by atoms with Gasteiger partial charge >= 0.3 is 0 Å². The third-order valence-electron chi connectivity index (χ3n) is 2.23. The number of hydrogen-bond acceptors (Lipinski definition) is 3. The first-order chi connectivity index (χ1) is 7.04. The molecule has 1 heterocycles. The molecule has 0 aliphatic carbocycles. The quantitative estimate of drug-likeness (QED) is 0.742. The SMILES string of the molecule is CNCC(=O)NC(C)c1cn(C)nc1C. The molecule has 2 N–H and O–H groups in total. The Bertz CT molecular complexity index is 345. The van der Waals surface area contributed by atoms with Crippen LogP contribution in [-0.2, 0) is 11.8 Å². The van der Waals surface area contributed by atoms with Crippen LogP contribution in [0.5, 0.6) is 0 Å². The van der Waals surface area contributed by atoms with Gasteiger partial charge in [-0.05, 0) is 20.9 Å². The summed E-state index contributed by atoms with van der Waals surface area (Å²) in [4.78, 5) is 11.3. The molecule has 0 bridgehead atoms. The molecule has 1 rings (SSSR count). The third-order valence-corrected chi connectivity index (χ3v) is 2.23. The lowest BCUT2D eigenvalue weighted by molar-refractivity contribution is -0.120. The lowest BCUT2D eigenvalue weighted by atomic mass is 10.1. The van der Waals surface area contributed by atoms with Crippen molar-refractivity contribution in [1.82, 2.24) is 20.4 Å². The minimum absolute atomic E-state index is 0.000417. The van der Waals surface area contributed by atoms with Crippen molar-refractivity contribution in [2.45, 2.75) is 19.9 Å². The molecule has 1 aromatic heterocycles. The number of likely N-dealkylation sites (N-methyl/N-ethyl adjacent to an activating group) is 1. The summed E-state index contributed by atoms with van der Waals surface area (Å²) in [7, 11) is 3.62. The summed E-state index contributed by atoms with van der Waals surface area (Å²) >= 11 is 0. The van der Waals surface area contributed by atoms with Gasteiger partial charge in [0.25, 0.3) is 0 Å². The topological polar surface area (TPSA) is 59.0 Å². The lowest BCUT2D eigenvalue weighted by Gasteiger charge is -2.12. The van der Waals surface area contributed by atoms with Crippen molar-refractivity contribution in [3.05, 3.63) is 17.5 Å². The molecule has 0 aromatic carbocycles. The molecule has 84 valence electrons.